The van der Waals surface area contributed by atoms with Crippen LogP contribution >= 0.6 is 0 Å². The molecule has 0 aromatic carbocycles. The molecule has 0 aromatic heterocycles. The molecule has 0 N–H and O–H groups in total. The van der Waals surface area contributed by atoms with Crippen LogP contribution in [0, 0.1) is 11.3 Å². The third kappa shape index (κ3) is 3.62. The van der Waals surface area contributed by atoms with Gasteiger partial charge in [0.2, 0.25) is 0 Å². The van der Waals surface area contributed by atoms with E-state index in [4.69, 9.17) is 4.74 Å². The first kappa shape index (κ1) is 14.6. The van der Waals surface area contributed by atoms with Gasteiger partial charge in [0.05, 0.1) is 0 Å². The molecular weight excluding hydrogens is 240 g/mol. The quantitative estimate of drug-likeness (QED) is 0.788. The van der Waals surface area contributed by atoms with Crippen molar-refractivity contribution in [3.63, 3.8) is 0 Å². The van der Waals surface area contributed by atoms with Crippen LogP contribution in [0.5, 0.6) is 0 Å². The van der Waals surface area contributed by atoms with E-state index in [0.29, 0.717) is 5.41 Å². The molecule has 110 valence electrons. The van der Waals surface area contributed by atoms with Crippen molar-refractivity contribution >= 4 is 6.09 Å². The highest BCUT2D eigenvalue weighted by atomic mass is 16.6. The van der Waals surface area contributed by atoms with E-state index >= 15 is 0 Å². The van der Waals surface area contributed by atoms with Gasteiger partial charge < -0.3 is 14.5 Å². The molecule has 4 heteroatoms. The third-order valence-corrected chi connectivity index (χ3v) is 4.11. The molecule has 2 fully saturated rings. The highest BCUT2D eigenvalue weighted by Gasteiger charge is 2.50. The highest BCUT2D eigenvalue weighted by Crippen LogP contribution is 2.51. The Kier molecular flexibility index (Phi) is 3.83. The van der Waals surface area contributed by atoms with Crippen molar-refractivity contribution < 1.29 is 9.53 Å². The number of ether oxygens (including phenoxy) is 1. The second-order valence-corrected chi connectivity index (χ2v) is 7.53. The van der Waals surface area contributed by atoms with Crippen LogP contribution in [0.3, 0.4) is 0 Å². The topological polar surface area (TPSA) is 32.8 Å². The Balaban J connectivity index is 1.98. The monoisotopic (exact) mass is 268 g/mol. The van der Waals surface area contributed by atoms with Crippen LogP contribution < -0.4 is 0 Å². The van der Waals surface area contributed by atoms with Crippen molar-refractivity contribution in [2.45, 2.75) is 45.6 Å². The summed E-state index contributed by atoms with van der Waals surface area (Å²) in [6, 6.07) is 0. The Bertz CT molecular complexity index is 345. The fourth-order valence-electron chi connectivity index (χ4n) is 3.30. The van der Waals surface area contributed by atoms with E-state index in [2.05, 4.69) is 19.0 Å². The first-order valence-electron chi connectivity index (χ1n) is 7.34. The van der Waals surface area contributed by atoms with Gasteiger partial charge in [-0.15, -0.1) is 0 Å². The Hall–Kier alpha value is -0.770. The lowest BCUT2D eigenvalue weighted by molar-refractivity contribution is 0.0259. The SMILES string of the molecule is CN(C)CC1(C2CC2)CCN(C(=O)OC(C)(C)C)C1. The zero-order valence-electron chi connectivity index (χ0n) is 13.0. The van der Waals surface area contributed by atoms with Crippen molar-refractivity contribution in [2.24, 2.45) is 11.3 Å². The number of amides is 1. The van der Waals surface area contributed by atoms with Crippen LogP contribution in [-0.2, 0) is 4.74 Å². The maximum absolute atomic E-state index is 12.2. The van der Waals surface area contributed by atoms with E-state index in [1.165, 1.54) is 12.8 Å². The largest absolute Gasteiger partial charge is 0.444 e. The van der Waals surface area contributed by atoms with Gasteiger partial charge in [-0.1, -0.05) is 0 Å². The molecule has 1 saturated carbocycles. The maximum Gasteiger partial charge on any atom is 0.410 e. The van der Waals surface area contributed by atoms with Crippen LogP contribution in [-0.4, -0.2) is 55.2 Å². The number of carbonyl (C=O) groups excluding carboxylic acids is 1. The predicted molar refractivity (Wildman–Crippen MR) is 76.1 cm³/mol. The normalized spacial score (nSPS) is 28.0. The van der Waals surface area contributed by atoms with Gasteiger partial charge >= 0.3 is 6.09 Å². The van der Waals surface area contributed by atoms with E-state index in [0.717, 1.165) is 32.0 Å². The summed E-state index contributed by atoms with van der Waals surface area (Å²) in [7, 11) is 4.25. The standard InChI is InChI=1S/C15H28N2O2/c1-14(2,3)19-13(18)17-9-8-15(11-17,10-16(4)5)12-6-7-12/h12H,6-11H2,1-5H3. The summed E-state index contributed by atoms with van der Waals surface area (Å²) in [4.78, 5) is 16.3. The van der Waals surface area contributed by atoms with Crippen LogP contribution in [0.4, 0.5) is 4.79 Å². The number of nitrogens with zero attached hydrogens (tertiary/aromatic N) is 2. The molecule has 1 aliphatic carbocycles. The van der Waals surface area contributed by atoms with Gasteiger partial charge in [-0.25, -0.2) is 4.79 Å². The molecule has 1 unspecified atom stereocenters. The summed E-state index contributed by atoms with van der Waals surface area (Å²) in [6.07, 6.45) is 3.63. The second-order valence-electron chi connectivity index (χ2n) is 7.53. The van der Waals surface area contributed by atoms with Crippen LogP contribution in [0.2, 0.25) is 0 Å². The molecule has 0 bridgehead atoms. The first-order chi connectivity index (χ1) is 8.72. The zero-order chi connectivity index (χ0) is 14.3. The summed E-state index contributed by atoms with van der Waals surface area (Å²) < 4.78 is 5.49. The van der Waals surface area contributed by atoms with Gasteiger partial charge in [-0.2, -0.15) is 0 Å². The van der Waals surface area contributed by atoms with Gasteiger partial charge in [-0.3, -0.25) is 0 Å². The maximum atomic E-state index is 12.2. The summed E-state index contributed by atoms with van der Waals surface area (Å²) >= 11 is 0. The minimum absolute atomic E-state index is 0.145. The predicted octanol–water partition coefficient (Wildman–Crippen LogP) is 2.59. The molecule has 0 spiro atoms. The van der Waals surface area contributed by atoms with Gasteiger partial charge in [0.15, 0.2) is 0 Å². The molecule has 19 heavy (non-hydrogen) atoms. The van der Waals surface area contributed by atoms with Crippen LogP contribution in [0.1, 0.15) is 40.0 Å². The van der Waals surface area contributed by atoms with E-state index in [1.54, 1.807) is 0 Å². The average Bonchev–Trinajstić information content (AvgIpc) is 2.99. The van der Waals surface area contributed by atoms with Crippen molar-refractivity contribution in [2.75, 3.05) is 33.7 Å². The van der Waals surface area contributed by atoms with Gasteiger partial charge in [0.1, 0.15) is 5.60 Å². The summed E-state index contributed by atoms with van der Waals surface area (Å²) in [5, 5.41) is 0. The van der Waals surface area contributed by atoms with Gasteiger partial charge in [0, 0.05) is 25.0 Å². The molecule has 1 heterocycles. The fourth-order valence-corrected chi connectivity index (χ4v) is 3.30. The summed E-state index contributed by atoms with van der Waals surface area (Å²) in [5.74, 6) is 0.808. The smallest absolute Gasteiger partial charge is 0.410 e. The zero-order valence-corrected chi connectivity index (χ0v) is 13.0. The lowest BCUT2D eigenvalue weighted by Crippen LogP contribution is -2.41. The number of carbonyl (C=O) groups is 1. The van der Waals surface area contributed by atoms with E-state index in [1.807, 2.05) is 25.7 Å². The van der Waals surface area contributed by atoms with Crippen molar-refractivity contribution in [3.05, 3.63) is 0 Å². The lowest BCUT2D eigenvalue weighted by Gasteiger charge is -2.32. The molecule has 2 rings (SSSR count). The highest BCUT2D eigenvalue weighted by molar-refractivity contribution is 5.68. The fraction of sp³-hybridized carbons (Fsp3) is 0.933. The van der Waals surface area contributed by atoms with Gasteiger partial charge in [0.25, 0.3) is 0 Å². The average molecular weight is 268 g/mol. The molecule has 1 aliphatic heterocycles. The molecule has 1 amide bonds. The number of likely N-dealkylation sites (tertiary alicyclic amines) is 1. The van der Waals surface area contributed by atoms with Gasteiger partial charge in [-0.05, 0) is 60.0 Å². The Morgan fingerprint density at radius 2 is 2.00 bits per heavy atom. The Labute approximate surface area is 117 Å². The lowest BCUT2D eigenvalue weighted by atomic mass is 9.81. The molecule has 2 aliphatic rings. The molecule has 4 nitrogen and oxygen atoms in total. The minimum atomic E-state index is -0.399. The molecule has 0 aromatic rings. The van der Waals surface area contributed by atoms with E-state index < -0.39 is 5.60 Å². The van der Waals surface area contributed by atoms with E-state index in [9.17, 15) is 4.79 Å². The minimum Gasteiger partial charge on any atom is -0.444 e. The van der Waals surface area contributed by atoms with Crippen LogP contribution in [0.25, 0.3) is 0 Å². The van der Waals surface area contributed by atoms with Crippen molar-refractivity contribution in [1.29, 1.82) is 0 Å². The van der Waals surface area contributed by atoms with Crippen molar-refractivity contribution in [3.8, 4) is 0 Å². The molecule has 0 radical (unpaired) electrons. The third-order valence-electron chi connectivity index (χ3n) is 4.11. The van der Waals surface area contributed by atoms with E-state index in [-0.39, 0.29) is 6.09 Å². The van der Waals surface area contributed by atoms with Crippen LogP contribution in [0.15, 0.2) is 0 Å². The second kappa shape index (κ2) is 4.97. The Morgan fingerprint density at radius 1 is 1.37 bits per heavy atom. The Morgan fingerprint density at radius 3 is 2.47 bits per heavy atom. The molecular formula is C15H28N2O2. The van der Waals surface area contributed by atoms with Crippen molar-refractivity contribution in [1.82, 2.24) is 9.80 Å². The number of rotatable bonds is 3. The number of hydrogen-bond acceptors (Lipinski definition) is 3. The first-order valence-corrected chi connectivity index (χ1v) is 7.34. The number of hydrogen-bond donors (Lipinski definition) is 0. The molecule has 1 saturated heterocycles. The molecule has 1 atom stereocenters. The summed E-state index contributed by atoms with van der Waals surface area (Å²) in [5.41, 5.74) is -0.0934. The summed E-state index contributed by atoms with van der Waals surface area (Å²) in [6.45, 7) is 8.57.